The van der Waals surface area contributed by atoms with Gasteiger partial charge in [-0.2, -0.15) is 0 Å². The van der Waals surface area contributed by atoms with Crippen molar-refractivity contribution in [2.24, 2.45) is 0 Å². The minimum absolute atomic E-state index is 0.353. The summed E-state index contributed by atoms with van der Waals surface area (Å²) >= 11 is 0. The zero-order chi connectivity index (χ0) is 11.3. The van der Waals surface area contributed by atoms with E-state index in [9.17, 15) is 5.11 Å². The lowest BCUT2D eigenvalue weighted by Gasteiger charge is -2.19. The van der Waals surface area contributed by atoms with Crippen LogP contribution in [-0.2, 0) is 0 Å². The molecular weight excluding hydrogens is 206 g/mol. The molecule has 1 aromatic heterocycles. The van der Waals surface area contributed by atoms with Gasteiger partial charge in [-0.1, -0.05) is 29.8 Å². The number of nitrogens with zero attached hydrogens (tertiary/aromatic N) is 2. The van der Waals surface area contributed by atoms with Crippen molar-refractivity contribution in [1.82, 2.24) is 15.4 Å². The van der Waals surface area contributed by atoms with Gasteiger partial charge in [-0.15, -0.1) is 5.10 Å². The SMILES string of the molecule is CC=C(C)[SiH2]C(CC)C(O)c1c[nH]nn1. The maximum absolute atomic E-state index is 10.1. The number of aliphatic hydroxyl groups is 1. The highest BCUT2D eigenvalue weighted by Crippen LogP contribution is 2.28. The van der Waals surface area contributed by atoms with E-state index in [0.29, 0.717) is 11.2 Å². The topological polar surface area (TPSA) is 61.8 Å². The number of H-pyrrole nitrogens is 1. The predicted molar refractivity (Wildman–Crippen MR) is 63.4 cm³/mol. The van der Waals surface area contributed by atoms with Crippen molar-refractivity contribution in [2.75, 3.05) is 0 Å². The van der Waals surface area contributed by atoms with Gasteiger partial charge < -0.3 is 5.11 Å². The Balaban J connectivity index is 2.66. The standard InChI is InChI=1S/C10H19N3OSi/c1-4-7(3)15-9(5-2)10(14)8-6-11-13-12-8/h4,6,9-10,14H,5,15H2,1-3H3,(H,11,12,13). The molecule has 1 aromatic rings. The van der Waals surface area contributed by atoms with Gasteiger partial charge in [0, 0.05) is 6.20 Å². The number of aliphatic hydroxyl groups excluding tert-OH is 1. The minimum Gasteiger partial charge on any atom is -0.387 e. The van der Waals surface area contributed by atoms with Crippen LogP contribution >= 0.6 is 0 Å². The molecule has 0 aliphatic rings. The Morgan fingerprint density at radius 1 is 1.73 bits per heavy atom. The molecule has 15 heavy (non-hydrogen) atoms. The largest absolute Gasteiger partial charge is 0.387 e. The lowest BCUT2D eigenvalue weighted by Crippen LogP contribution is -2.14. The molecular formula is C10H19N3OSi. The van der Waals surface area contributed by atoms with Crippen molar-refractivity contribution in [3.63, 3.8) is 0 Å². The van der Waals surface area contributed by atoms with Crippen LogP contribution in [0.15, 0.2) is 17.5 Å². The van der Waals surface area contributed by atoms with Crippen molar-refractivity contribution in [3.05, 3.63) is 23.2 Å². The highest BCUT2D eigenvalue weighted by atomic mass is 28.2. The third-order valence-corrected chi connectivity index (χ3v) is 5.39. The summed E-state index contributed by atoms with van der Waals surface area (Å²) in [5.41, 5.74) is 1.02. The Kier molecular flexibility index (Phi) is 4.71. The molecule has 0 saturated heterocycles. The quantitative estimate of drug-likeness (QED) is 0.738. The third kappa shape index (κ3) is 3.28. The highest BCUT2D eigenvalue weighted by Gasteiger charge is 2.21. The first kappa shape index (κ1) is 12.1. The fraction of sp³-hybridized carbons (Fsp3) is 0.600. The van der Waals surface area contributed by atoms with Crippen LogP contribution in [0.1, 0.15) is 39.0 Å². The first-order valence-corrected chi connectivity index (χ1v) is 6.87. The van der Waals surface area contributed by atoms with Gasteiger partial charge in [-0.25, -0.2) is 0 Å². The second-order valence-corrected chi connectivity index (χ2v) is 6.42. The summed E-state index contributed by atoms with van der Waals surface area (Å²) in [6.45, 7) is 6.31. The van der Waals surface area contributed by atoms with Crippen molar-refractivity contribution >= 4 is 9.52 Å². The lowest BCUT2D eigenvalue weighted by atomic mass is 10.1. The Morgan fingerprint density at radius 2 is 2.47 bits per heavy atom. The van der Waals surface area contributed by atoms with E-state index in [-0.39, 0.29) is 0 Å². The fourth-order valence-corrected chi connectivity index (χ4v) is 3.42. The average Bonchev–Trinajstić information content (AvgIpc) is 2.77. The van der Waals surface area contributed by atoms with Gasteiger partial charge in [0.1, 0.15) is 5.69 Å². The van der Waals surface area contributed by atoms with E-state index in [2.05, 4.69) is 42.3 Å². The molecule has 2 N–H and O–H groups in total. The van der Waals surface area contributed by atoms with E-state index < -0.39 is 15.6 Å². The van der Waals surface area contributed by atoms with Crippen LogP contribution in [-0.4, -0.2) is 30.0 Å². The summed E-state index contributed by atoms with van der Waals surface area (Å²) in [4.78, 5) is 0. The van der Waals surface area contributed by atoms with Crippen molar-refractivity contribution in [2.45, 2.75) is 38.8 Å². The molecule has 0 spiro atoms. The molecule has 0 fully saturated rings. The van der Waals surface area contributed by atoms with Crippen LogP contribution in [0.25, 0.3) is 0 Å². The van der Waals surface area contributed by atoms with Crippen LogP contribution in [0, 0.1) is 0 Å². The molecule has 84 valence electrons. The van der Waals surface area contributed by atoms with E-state index in [1.165, 1.54) is 5.20 Å². The van der Waals surface area contributed by atoms with Crippen LogP contribution < -0.4 is 0 Å². The molecule has 5 heteroatoms. The number of aromatic nitrogens is 3. The zero-order valence-electron chi connectivity index (χ0n) is 9.57. The van der Waals surface area contributed by atoms with Crippen LogP contribution in [0.5, 0.6) is 0 Å². The smallest absolute Gasteiger partial charge is 0.111 e. The number of rotatable bonds is 5. The highest BCUT2D eigenvalue weighted by molar-refractivity contribution is 6.47. The predicted octanol–water partition coefficient (Wildman–Crippen LogP) is 1.13. The second-order valence-electron chi connectivity index (χ2n) is 3.85. The summed E-state index contributed by atoms with van der Waals surface area (Å²) in [5, 5.41) is 21.7. The fourth-order valence-electron chi connectivity index (χ4n) is 1.61. The van der Waals surface area contributed by atoms with Crippen LogP contribution in [0.2, 0.25) is 5.54 Å². The molecule has 1 rings (SSSR count). The third-order valence-electron chi connectivity index (χ3n) is 2.79. The van der Waals surface area contributed by atoms with E-state index in [4.69, 9.17) is 0 Å². The zero-order valence-corrected chi connectivity index (χ0v) is 11.0. The molecule has 0 aliphatic carbocycles. The molecule has 0 amide bonds. The number of hydrogen-bond acceptors (Lipinski definition) is 3. The molecule has 0 radical (unpaired) electrons. The summed E-state index contributed by atoms with van der Waals surface area (Å²) in [5.74, 6) is 0. The Morgan fingerprint density at radius 3 is 2.93 bits per heavy atom. The summed E-state index contributed by atoms with van der Waals surface area (Å²) in [6, 6.07) is 0. The monoisotopic (exact) mass is 225 g/mol. The van der Waals surface area contributed by atoms with Crippen molar-refractivity contribution in [3.8, 4) is 0 Å². The Bertz CT molecular complexity index is 310. The van der Waals surface area contributed by atoms with Crippen LogP contribution in [0.4, 0.5) is 0 Å². The van der Waals surface area contributed by atoms with Crippen molar-refractivity contribution in [1.29, 1.82) is 0 Å². The van der Waals surface area contributed by atoms with Crippen molar-refractivity contribution < 1.29 is 5.11 Å². The van der Waals surface area contributed by atoms with E-state index in [0.717, 1.165) is 6.42 Å². The Hall–Kier alpha value is -0.943. The van der Waals surface area contributed by atoms with E-state index in [1.807, 2.05) is 0 Å². The molecule has 2 unspecified atom stereocenters. The first-order valence-electron chi connectivity index (χ1n) is 5.35. The van der Waals surface area contributed by atoms with Gasteiger partial charge in [0.15, 0.2) is 0 Å². The average molecular weight is 225 g/mol. The van der Waals surface area contributed by atoms with Gasteiger partial charge in [0.05, 0.1) is 15.6 Å². The second kappa shape index (κ2) is 5.82. The van der Waals surface area contributed by atoms with E-state index in [1.54, 1.807) is 6.20 Å². The van der Waals surface area contributed by atoms with Gasteiger partial charge >= 0.3 is 0 Å². The van der Waals surface area contributed by atoms with Gasteiger partial charge in [0.2, 0.25) is 0 Å². The molecule has 0 bridgehead atoms. The summed E-state index contributed by atoms with van der Waals surface area (Å²) in [6.07, 6.45) is 4.35. The molecule has 0 saturated carbocycles. The minimum atomic E-state index is -0.463. The molecule has 2 atom stereocenters. The Labute approximate surface area is 92.6 Å². The van der Waals surface area contributed by atoms with Gasteiger partial charge in [-0.3, -0.25) is 5.10 Å². The number of nitrogens with one attached hydrogen (secondary N) is 1. The summed E-state index contributed by atoms with van der Waals surface area (Å²) in [7, 11) is -0.391. The molecule has 0 aliphatic heterocycles. The van der Waals surface area contributed by atoms with E-state index >= 15 is 0 Å². The molecule has 1 heterocycles. The first-order chi connectivity index (χ1) is 7.19. The van der Waals surface area contributed by atoms with Gasteiger partial charge in [0.25, 0.3) is 0 Å². The van der Waals surface area contributed by atoms with Crippen LogP contribution in [0.3, 0.4) is 0 Å². The number of hydrogen-bond donors (Lipinski definition) is 2. The number of aromatic amines is 1. The molecule has 4 nitrogen and oxygen atoms in total. The maximum Gasteiger partial charge on any atom is 0.111 e. The molecule has 0 aromatic carbocycles. The normalized spacial score (nSPS) is 17.2. The maximum atomic E-state index is 10.1. The number of allylic oxidation sites excluding steroid dienone is 2. The van der Waals surface area contributed by atoms with Gasteiger partial charge in [-0.05, 0) is 19.4 Å². The lowest BCUT2D eigenvalue weighted by molar-refractivity contribution is 0.161. The summed E-state index contributed by atoms with van der Waals surface area (Å²) < 4.78 is 0.